The summed E-state index contributed by atoms with van der Waals surface area (Å²) in [6.45, 7) is 5.73. The highest BCUT2D eigenvalue weighted by Crippen LogP contribution is 2.51. The summed E-state index contributed by atoms with van der Waals surface area (Å²) in [4.78, 5) is 13.4. The fourth-order valence-corrected chi connectivity index (χ4v) is 5.17. The fraction of sp³-hybridized carbons (Fsp3) is 0.462. The van der Waals surface area contributed by atoms with Crippen LogP contribution in [0.15, 0.2) is 48.5 Å². The van der Waals surface area contributed by atoms with Gasteiger partial charge in [0.25, 0.3) is 0 Å². The molecule has 1 aliphatic heterocycles. The van der Waals surface area contributed by atoms with Gasteiger partial charge in [0.2, 0.25) is 5.91 Å². The second-order valence-electron chi connectivity index (χ2n) is 10.1. The first-order chi connectivity index (χ1) is 16.0. The Hall–Kier alpha value is -2.14. The topological polar surface area (TPSA) is 105 Å². The molecule has 2 aromatic carbocycles. The maximum atomic E-state index is 13.4. The monoisotopic (exact) mass is 503 g/mol. The second-order valence-corrected chi connectivity index (χ2v) is 10.9. The summed E-state index contributed by atoms with van der Waals surface area (Å²) in [7, 11) is 0. The standard InChI is InChI=1S/C26H31Cl2N3O3/c1-25(2,3)12-21-26(15-29,17-7-9-18(27)10-8-17)22(16-5-4-6-19(28)11-16)23(31-21)24(34)30-13-20(33)14-32/h4-11,20-23,31-33H,12-14H2,1-3H3,(H,30,34)/t20-,21+,22+,23-,26+/m0/s1. The Morgan fingerprint density at radius 1 is 1.21 bits per heavy atom. The van der Waals surface area contributed by atoms with Gasteiger partial charge < -0.3 is 20.8 Å². The zero-order valence-electron chi connectivity index (χ0n) is 19.6. The summed E-state index contributed by atoms with van der Waals surface area (Å²) in [5.74, 6) is -0.932. The van der Waals surface area contributed by atoms with Crippen LogP contribution in [-0.4, -0.2) is 47.5 Å². The minimum Gasteiger partial charge on any atom is -0.394 e. The molecule has 1 aliphatic rings. The largest absolute Gasteiger partial charge is 0.394 e. The van der Waals surface area contributed by atoms with Crippen molar-refractivity contribution >= 4 is 29.1 Å². The summed E-state index contributed by atoms with van der Waals surface area (Å²) in [5, 5.41) is 37.0. The van der Waals surface area contributed by atoms with Crippen molar-refractivity contribution in [3.63, 3.8) is 0 Å². The molecule has 1 saturated heterocycles. The summed E-state index contributed by atoms with van der Waals surface area (Å²) in [5.41, 5.74) is 0.288. The van der Waals surface area contributed by atoms with Gasteiger partial charge >= 0.3 is 0 Å². The van der Waals surface area contributed by atoms with E-state index in [0.29, 0.717) is 16.5 Å². The Bertz CT molecular complexity index is 1050. The Labute approximate surface area is 210 Å². The Balaban J connectivity index is 2.19. The van der Waals surface area contributed by atoms with Crippen molar-refractivity contribution < 1.29 is 15.0 Å². The average molecular weight is 504 g/mol. The number of nitriles is 1. The van der Waals surface area contributed by atoms with E-state index >= 15 is 0 Å². The zero-order valence-corrected chi connectivity index (χ0v) is 21.1. The maximum absolute atomic E-state index is 13.4. The Morgan fingerprint density at radius 3 is 2.44 bits per heavy atom. The van der Waals surface area contributed by atoms with Crippen LogP contribution in [0.1, 0.15) is 44.2 Å². The van der Waals surface area contributed by atoms with Crippen LogP contribution in [0.4, 0.5) is 0 Å². The van der Waals surface area contributed by atoms with E-state index in [1.165, 1.54) is 0 Å². The number of amides is 1. The van der Waals surface area contributed by atoms with Crippen LogP contribution in [0.25, 0.3) is 0 Å². The molecule has 0 unspecified atom stereocenters. The van der Waals surface area contributed by atoms with Gasteiger partial charge in [0, 0.05) is 28.5 Å². The van der Waals surface area contributed by atoms with Crippen molar-refractivity contribution in [2.24, 2.45) is 5.41 Å². The van der Waals surface area contributed by atoms with E-state index in [0.717, 1.165) is 11.1 Å². The predicted octanol–water partition coefficient (Wildman–Crippen LogP) is 3.78. The molecule has 4 N–H and O–H groups in total. The normalized spacial score (nSPS) is 25.5. The number of hydrogen-bond acceptors (Lipinski definition) is 5. The lowest BCUT2D eigenvalue weighted by Gasteiger charge is -2.37. The van der Waals surface area contributed by atoms with Crippen molar-refractivity contribution in [1.29, 1.82) is 5.26 Å². The van der Waals surface area contributed by atoms with Gasteiger partial charge in [-0.25, -0.2) is 0 Å². The second kappa shape index (κ2) is 10.6. The number of hydrogen-bond donors (Lipinski definition) is 4. The molecule has 1 heterocycles. The van der Waals surface area contributed by atoms with Crippen LogP contribution in [0.5, 0.6) is 0 Å². The van der Waals surface area contributed by atoms with Crippen LogP contribution in [-0.2, 0) is 10.2 Å². The minimum absolute atomic E-state index is 0.0970. The number of halogens is 2. The molecule has 3 rings (SSSR count). The highest BCUT2D eigenvalue weighted by Gasteiger charge is 2.59. The van der Waals surface area contributed by atoms with Gasteiger partial charge in [-0.05, 0) is 47.2 Å². The van der Waals surface area contributed by atoms with Crippen molar-refractivity contribution in [3.05, 3.63) is 69.7 Å². The molecule has 182 valence electrons. The summed E-state index contributed by atoms with van der Waals surface area (Å²) in [6.07, 6.45) is -0.444. The number of benzene rings is 2. The first kappa shape index (κ1) is 26.5. The lowest BCUT2D eigenvalue weighted by atomic mass is 9.63. The van der Waals surface area contributed by atoms with Crippen LogP contribution < -0.4 is 10.6 Å². The van der Waals surface area contributed by atoms with Crippen LogP contribution >= 0.6 is 23.2 Å². The molecule has 1 amide bonds. The maximum Gasteiger partial charge on any atom is 0.237 e. The van der Waals surface area contributed by atoms with Gasteiger partial charge in [-0.1, -0.05) is 68.2 Å². The molecule has 1 fully saturated rings. The third kappa shape index (κ3) is 5.56. The van der Waals surface area contributed by atoms with Crippen molar-refractivity contribution in [1.82, 2.24) is 10.6 Å². The molecule has 0 saturated carbocycles. The van der Waals surface area contributed by atoms with Gasteiger partial charge in [-0.2, -0.15) is 5.26 Å². The fourth-order valence-electron chi connectivity index (χ4n) is 4.85. The number of carbonyl (C=O) groups is 1. The smallest absolute Gasteiger partial charge is 0.237 e. The lowest BCUT2D eigenvalue weighted by molar-refractivity contribution is -0.123. The minimum atomic E-state index is -1.10. The predicted molar refractivity (Wildman–Crippen MR) is 134 cm³/mol. The van der Waals surface area contributed by atoms with E-state index in [1.54, 1.807) is 24.3 Å². The highest BCUT2D eigenvalue weighted by atomic mass is 35.5. The van der Waals surface area contributed by atoms with Crippen LogP contribution in [0, 0.1) is 16.7 Å². The van der Waals surface area contributed by atoms with Gasteiger partial charge in [-0.3, -0.25) is 4.79 Å². The summed E-state index contributed by atoms with van der Waals surface area (Å²) >= 11 is 12.5. The quantitative estimate of drug-likeness (QED) is 0.460. The lowest BCUT2D eigenvalue weighted by Crippen LogP contribution is -2.47. The van der Waals surface area contributed by atoms with E-state index < -0.39 is 30.1 Å². The molecule has 0 aromatic heterocycles. The number of carbonyl (C=O) groups excluding carboxylic acids is 1. The van der Waals surface area contributed by atoms with Gasteiger partial charge in [0.1, 0.15) is 5.41 Å². The van der Waals surface area contributed by atoms with Gasteiger partial charge in [-0.15, -0.1) is 0 Å². The Kier molecular flexibility index (Phi) is 8.28. The molecule has 6 nitrogen and oxygen atoms in total. The molecular formula is C26H31Cl2N3O3. The molecule has 5 atom stereocenters. The highest BCUT2D eigenvalue weighted by molar-refractivity contribution is 6.30. The third-order valence-electron chi connectivity index (χ3n) is 6.29. The van der Waals surface area contributed by atoms with Crippen LogP contribution in [0.3, 0.4) is 0 Å². The van der Waals surface area contributed by atoms with E-state index in [2.05, 4.69) is 37.5 Å². The number of nitrogens with one attached hydrogen (secondary N) is 2. The van der Waals surface area contributed by atoms with Crippen LogP contribution in [0.2, 0.25) is 10.0 Å². The Morgan fingerprint density at radius 2 is 1.88 bits per heavy atom. The van der Waals surface area contributed by atoms with Gasteiger partial charge in [0.15, 0.2) is 0 Å². The number of aliphatic hydroxyl groups is 2. The molecule has 0 aliphatic carbocycles. The molecule has 34 heavy (non-hydrogen) atoms. The van der Waals surface area contributed by atoms with Crippen molar-refractivity contribution in [2.75, 3.05) is 13.2 Å². The summed E-state index contributed by atoms with van der Waals surface area (Å²) < 4.78 is 0. The van der Waals surface area contributed by atoms with Gasteiger partial charge in [0.05, 0.1) is 24.8 Å². The first-order valence-corrected chi connectivity index (χ1v) is 12.0. The molecular weight excluding hydrogens is 473 g/mol. The molecule has 0 bridgehead atoms. The average Bonchev–Trinajstić information content (AvgIpc) is 3.11. The van der Waals surface area contributed by atoms with E-state index in [9.17, 15) is 15.2 Å². The van der Waals surface area contributed by atoms with E-state index in [1.807, 2.05) is 24.3 Å². The van der Waals surface area contributed by atoms with E-state index in [-0.39, 0.29) is 23.9 Å². The van der Waals surface area contributed by atoms with E-state index in [4.69, 9.17) is 28.3 Å². The SMILES string of the molecule is CC(C)(C)C[C@H]1N[C@H](C(=O)NC[C@H](O)CO)[C@@H](c2cccc(Cl)c2)[C@]1(C#N)c1ccc(Cl)cc1. The molecule has 0 spiro atoms. The van der Waals surface area contributed by atoms with Crippen molar-refractivity contribution in [2.45, 2.75) is 56.7 Å². The number of rotatable bonds is 7. The number of aliphatic hydroxyl groups excluding tert-OH is 2. The van der Waals surface area contributed by atoms with Crippen molar-refractivity contribution in [3.8, 4) is 6.07 Å². The number of nitrogens with zero attached hydrogens (tertiary/aromatic N) is 1. The summed E-state index contributed by atoms with van der Waals surface area (Å²) in [6, 6.07) is 15.9. The first-order valence-electron chi connectivity index (χ1n) is 11.3. The molecule has 2 aromatic rings. The molecule has 0 radical (unpaired) electrons. The zero-order chi connectivity index (χ0) is 25.1. The third-order valence-corrected chi connectivity index (χ3v) is 6.78. The molecule has 8 heteroatoms.